The number of carbonyl (C=O) groups excluding carboxylic acids is 1. The van der Waals surface area contributed by atoms with Crippen LogP contribution in [-0.4, -0.2) is 10.1 Å². The summed E-state index contributed by atoms with van der Waals surface area (Å²) in [6.45, 7) is 0. The van der Waals surface area contributed by atoms with Crippen LogP contribution >= 0.6 is 0 Å². The lowest BCUT2D eigenvalue weighted by Crippen LogP contribution is -2.13. The molecule has 1 atom stereocenters. The number of halogens is 3. The number of benzene rings is 3. The molecule has 0 radical (unpaired) electrons. The molecule has 3 aromatic carbocycles. The van der Waals surface area contributed by atoms with Crippen molar-refractivity contribution in [3.05, 3.63) is 95.6 Å². The topological polar surface area (TPSA) is 46.2 Å². The smallest absolute Gasteiger partial charge is 0.322 e. The van der Waals surface area contributed by atoms with Crippen molar-refractivity contribution in [3.8, 4) is 0 Å². The first-order valence-electron chi connectivity index (χ1n) is 8.34. The Balaban J connectivity index is 1.62. The second kappa shape index (κ2) is 8.39. The van der Waals surface area contributed by atoms with Crippen molar-refractivity contribution < 1.29 is 22.2 Å². The molecule has 0 saturated heterocycles. The summed E-state index contributed by atoms with van der Waals surface area (Å²) in [5.41, 5.74) is 0.663. The predicted octanol–water partition coefficient (Wildman–Crippen LogP) is 5.27. The summed E-state index contributed by atoms with van der Waals surface area (Å²) < 4.78 is 50.1. The minimum absolute atomic E-state index is 0.127. The van der Waals surface area contributed by atoms with Gasteiger partial charge in [0.1, 0.15) is 0 Å². The molecule has 0 bridgehead atoms. The van der Waals surface area contributed by atoms with Crippen LogP contribution in [0.15, 0.2) is 83.8 Å². The van der Waals surface area contributed by atoms with Crippen LogP contribution in [0.2, 0.25) is 0 Å². The summed E-state index contributed by atoms with van der Waals surface area (Å²) in [5.74, 6) is -0.161. The van der Waals surface area contributed by atoms with Crippen molar-refractivity contribution in [1.29, 1.82) is 0 Å². The van der Waals surface area contributed by atoms with Gasteiger partial charge in [0.15, 0.2) is 0 Å². The lowest BCUT2D eigenvalue weighted by molar-refractivity contribution is -0.137. The van der Waals surface area contributed by atoms with Gasteiger partial charge < -0.3 is 5.32 Å². The maximum atomic E-state index is 12.6. The maximum absolute atomic E-state index is 12.6. The minimum Gasteiger partial charge on any atom is -0.322 e. The molecule has 0 aliphatic heterocycles. The zero-order valence-corrected chi connectivity index (χ0v) is 15.4. The van der Waals surface area contributed by atoms with Crippen molar-refractivity contribution in [2.75, 3.05) is 5.32 Å². The molecule has 1 amide bonds. The molecule has 7 heteroatoms. The molecule has 3 nitrogen and oxygen atoms in total. The molecule has 0 saturated carbocycles. The highest BCUT2D eigenvalue weighted by Crippen LogP contribution is 2.29. The first-order chi connectivity index (χ1) is 13.3. The van der Waals surface area contributed by atoms with Gasteiger partial charge in [0.05, 0.1) is 22.1 Å². The van der Waals surface area contributed by atoms with Crippen LogP contribution in [0.5, 0.6) is 0 Å². The molecule has 0 fully saturated rings. The van der Waals surface area contributed by atoms with E-state index in [1.165, 1.54) is 0 Å². The molecular weight excluding hydrogens is 387 g/mol. The molecule has 0 aliphatic carbocycles. The predicted molar refractivity (Wildman–Crippen MR) is 102 cm³/mol. The van der Waals surface area contributed by atoms with E-state index in [1.54, 1.807) is 36.4 Å². The Morgan fingerprint density at radius 1 is 0.857 bits per heavy atom. The van der Waals surface area contributed by atoms with E-state index in [2.05, 4.69) is 5.32 Å². The molecule has 144 valence electrons. The highest BCUT2D eigenvalue weighted by Gasteiger charge is 2.30. The van der Waals surface area contributed by atoms with Crippen LogP contribution in [0, 0.1) is 0 Å². The number of alkyl halides is 3. The van der Waals surface area contributed by atoms with Gasteiger partial charge in [-0.2, -0.15) is 13.2 Å². The number of hydrogen-bond acceptors (Lipinski definition) is 2. The third-order valence-corrected chi connectivity index (χ3v) is 5.38. The Kier molecular flexibility index (Phi) is 5.94. The Morgan fingerprint density at radius 2 is 1.46 bits per heavy atom. The Morgan fingerprint density at radius 3 is 2.04 bits per heavy atom. The fourth-order valence-electron chi connectivity index (χ4n) is 2.51. The molecule has 0 aromatic heterocycles. The van der Waals surface area contributed by atoms with Crippen LogP contribution in [-0.2, 0) is 22.7 Å². The lowest BCUT2D eigenvalue weighted by Gasteiger charge is -2.09. The van der Waals surface area contributed by atoms with E-state index in [0.29, 0.717) is 11.4 Å². The highest BCUT2D eigenvalue weighted by atomic mass is 32.2. The van der Waals surface area contributed by atoms with E-state index in [9.17, 15) is 22.2 Å². The van der Waals surface area contributed by atoms with Crippen LogP contribution in [0.1, 0.15) is 21.5 Å². The third-order valence-electron chi connectivity index (χ3n) is 3.99. The molecule has 28 heavy (non-hydrogen) atoms. The molecule has 3 aromatic rings. The van der Waals surface area contributed by atoms with Crippen LogP contribution < -0.4 is 5.32 Å². The quantitative estimate of drug-likeness (QED) is 0.631. The summed E-state index contributed by atoms with van der Waals surface area (Å²) in [7, 11) is -1.17. The van der Waals surface area contributed by atoms with Gasteiger partial charge in [0, 0.05) is 16.1 Å². The molecule has 0 aliphatic rings. The van der Waals surface area contributed by atoms with Crippen molar-refractivity contribution in [2.45, 2.75) is 16.8 Å². The zero-order valence-electron chi connectivity index (χ0n) is 14.6. The van der Waals surface area contributed by atoms with Crippen molar-refractivity contribution in [3.63, 3.8) is 0 Å². The number of rotatable bonds is 5. The normalized spacial score (nSPS) is 12.4. The number of nitrogens with one attached hydrogen (secondary N) is 1. The summed E-state index contributed by atoms with van der Waals surface area (Å²) in [6, 6.07) is 20.0. The second-order valence-corrected chi connectivity index (χ2v) is 7.48. The Labute approximate surface area is 162 Å². The van der Waals surface area contributed by atoms with E-state index in [1.807, 2.05) is 18.2 Å². The SMILES string of the molecule is O=C(Nc1ccc(CS(=O)c2ccccc2)cc1)c1ccc(C(F)(F)F)cc1. The largest absolute Gasteiger partial charge is 0.416 e. The number of amides is 1. The van der Waals surface area contributed by atoms with E-state index in [4.69, 9.17) is 0 Å². The first-order valence-corrected chi connectivity index (χ1v) is 9.66. The third kappa shape index (κ3) is 5.07. The number of carbonyl (C=O) groups is 1. The zero-order chi connectivity index (χ0) is 20.1. The van der Waals surface area contributed by atoms with Gasteiger partial charge in [-0.25, -0.2) is 0 Å². The van der Waals surface area contributed by atoms with Gasteiger partial charge in [0.25, 0.3) is 5.91 Å². The lowest BCUT2D eigenvalue weighted by atomic mass is 10.1. The number of hydrogen-bond donors (Lipinski definition) is 1. The second-order valence-electron chi connectivity index (χ2n) is 6.03. The average Bonchev–Trinajstić information content (AvgIpc) is 2.69. The van der Waals surface area contributed by atoms with Crippen molar-refractivity contribution >= 4 is 22.4 Å². The standard InChI is InChI=1S/C21H16F3NO2S/c22-21(23,24)17-10-8-16(9-11-17)20(26)25-18-12-6-15(7-13-18)14-28(27)19-4-2-1-3-5-19/h1-13H,14H2,(H,25,26). The van der Waals surface area contributed by atoms with Gasteiger partial charge in [-0.15, -0.1) is 0 Å². The first kappa shape index (κ1) is 19.8. The Bertz CT molecular complexity index is 969. The molecule has 1 N–H and O–H groups in total. The van der Waals surface area contributed by atoms with Crippen LogP contribution in [0.25, 0.3) is 0 Å². The van der Waals surface area contributed by atoms with Crippen LogP contribution in [0.4, 0.5) is 18.9 Å². The summed E-state index contributed by atoms with van der Waals surface area (Å²) in [5, 5.41) is 2.63. The van der Waals surface area contributed by atoms with Gasteiger partial charge in [-0.1, -0.05) is 30.3 Å². The van der Waals surface area contributed by atoms with E-state index < -0.39 is 28.4 Å². The molecular formula is C21H16F3NO2S. The fourth-order valence-corrected chi connectivity index (χ4v) is 3.63. The minimum atomic E-state index is -4.44. The van der Waals surface area contributed by atoms with Gasteiger partial charge >= 0.3 is 6.18 Å². The molecule has 3 rings (SSSR count). The van der Waals surface area contributed by atoms with E-state index in [0.717, 1.165) is 34.7 Å². The maximum Gasteiger partial charge on any atom is 0.416 e. The summed E-state index contributed by atoms with van der Waals surface area (Å²) in [6.07, 6.45) is -4.44. The van der Waals surface area contributed by atoms with Crippen LogP contribution in [0.3, 0.4) is 0 Å². The highest BCUT2D eigenvalue weighted by molar-refractivity contribution is 7.84. The molecule has 1 unspecified atom stereocenters. The average molecular weight is 403 g/mol. The van der Waals surface area contributed by atoms with Crippen molar-refractivity contribution in [1.82, 2.24) is 0 Å². The summed E-state index contributed by atoms with van der Waals surface area (Å²) >= 11 is 0. The molecule has 0 spiro atoms. The number of anilines is 1. The van der Waals surface area contributed by atoms with E-state index in [-0.39, 0.29) is 5.56 Å². The monoisotopic (exact) mass is 403 g/mol. The van der Waals surface area contributed by atoms with Gasteiger partial charge in [-0.3, -0.25) is 9.00 Å². The fraction of sp³-hybridized carbons (Fsp3) is 0.0952. The van der Waals surface area contributed by atoms with Gasteiger partial charge in [0.2, 0.25) is 0 Å². The van der Waals surface area contributed by atoms with Crippen molar-refractivity contribution in [2.24, 2.45) is 0 Å². The molecule has 0 heterocycles. The Hall–Kier alpha value is -2.93. The van der Waals surface area contributed by atoms with E-state index >= 15 is 0 Å². The van der Waals surface area contributed by atoms with Gasteiger partial charge in [-0.05, 0) is 54.1 Å². The summed E-state index contributed by atoms with van der Waals surface area (Å²) in [4.78, 5) is 12.9.